The molecule has 1 aliphatic heterocycles. The summed E-state index contributed by atoms with van der Waals surface area (Å²) in [4.78, 5) is 25.6. The zero-order valence-electron chi connectivity index (χ0n) is 15.6. The lowest BCUT2D eigenvalue weighted by Gasteiger charge is -2.26. The molecule has 2 rings (SSSR count). The zero-order valence-corrected chi connectivity index (χ0v) is 16.4. The number of amides is 2. The number of carbonyl (C=O) groups excluding carboxylic acids is 2. The number of ether oxygens (including phenoxy) is 3. The molecule has 1 heterocycles. The lowest BCUT2D eigenvalue weighted by Crippen LogP contribution is -2.41. The van der Waals surface area contributed by atoms with Gasteiger partial charge in [0.15, 0.2) is 11.5 Å². The van der Waals surface area contributed by atoms with Crippen LogP contribution in [0.2, 0.25) is 0 Å². The molecule has 0 saturated carbocycles. The Labute approximate surface area is 166 Å². The van der Waals surface area contributed by atoms with Crippen molar-refractivity contribution in [1.29, 1.82) is 0 Å². The largest absolute Gasteiger partial charge is 0.493 e. The summed E-state index contributed by atoms with van der Waals surface area (Å²) in [6, 6.07) is 4.73. The second kappa shape index (κ2) is 11.7. The maximum atomic E-state index is 12.5. The van der Waals surface area contributed by atoms with Gasteiger partial charge >= 0.3 is 6.61 Å². The Hall–Kier alpha value is -2.07. The predicted molar refractivity (Wildman–Crippen MR) is 101 cm³/mol. The summed E-state index contributed by atoms with van der Waals surface area (Å²) < 4.78 is 39.5. The molecule has 0 bridgehead atoms. The van der Waals surface area contributed by atoms with Crippen molar-refractivity contribution in [3.05, 3.63) is 23.8 Å². The monoisotopic (exact) mass is 418 g/mol. The third-order valence-electron chi connectivity index (χ3n) is 4.00. The number of hydrogen-bond donors (Lipinski definition) is 1. The van der Waals surface area contributed by atoms with Crippen molar-refractivity contribution >= 4 is 23.6 Å². The van der Waals surface area contributed by atoms with Gasteiger partial charge in [-0.05, 0) is 24.1 Å². The van der Waals surface area contributed by atoms with E-state index in [4.69, 9.17) is 9.47 Å². The van der Waals surface area contributed by atoms with Gasteiger partial charge in [0.25, 0.3) is 0 Å². The summed E-state index contributed by atoms with van der Waals surface area (Å²) in [7, 11) is 1.37. The fraction of sp³-hybridized carbons (Fsp3) is 0.556. The van der Waals surface area contributed by atoms with Crippen LogP contribution in [0.3, 0.4) is 0 Å². The average molecular weight is 418 g/mol. The van der Waals surface area contributed by atoms with Crippen molar-refractivity contribution < 1.29 is 32.6 Å². The molecule has 1 saturated heterocycles. The second-order valence-electron chi connectivity index (χ2n) is 5.95. The van der Waals surface area contributed by atoms with Crippen LogP contribution in [0.15, 0.2) is 18.2 Å². The fourth-order valence-corrected chi connectivity index (χ4v) is 3.34. The van der Waals surface area contributed by atoms with Crippen LogP contribution < -0.4 is 14.8 Å². The number of thioether (sulfide) groups is 1. The van der Waals surface area contributed by atoms with E-state index in [0.717, 1.165) is 5.56 Å². The van der Waals surface area contributed by atoms with Crippen LogP contribution in [0.4, 0.5) is 8.78 Å². The summed E-state index contributed by atoms with van der Waals surface area (Å²) in [5.41, 5.74) is 0.729. The van der Waals surface area contributed by atoms with Gasteiger partial charge in [0.2, 0.25) is 11.8 Å². The molecule has 156 valence electrons. The van der Waals surface area contributed by atoms with Gasteiger partial charge in [-0.1, -0.05) is 6.07 Å². The highest BCUT2D eigenvalue weighted by molar-refractivity contribution is 8.00. The van der Waals surface area contributed by atoms with Gasteiger partial charge in [0.05, 0.1) is 31.8 Å². The van der Waals surface area contributed by atoms with Crippen molar-refractivity contribution in [2.75, 3.05) is 51.5 Å². The third-order valence-corrected chi connectivity index (χ3v) is 4.92. The van der Waals surface area contributed by atoms with E-state index in [9.17, 15) is 18.4 Å². The van der Waals surface area contributed by atoms with Gasteiger partial charge in [-0.2, -0.15) is 8.78 Å². The smallest absolute Gasteiger partial charge is 0.387 e. The van der Waals surface area contributed by atoms with Gasteiger partial charge in [-0.15, -0.1) is 11.8 Å². The molecular formula is C18H24F2N2O5S. The van der Waals surface area contributed by atoms with Gasteiger partial charge in [-0.25, -0.2) is 0 Å². The minimum absolute atomic E-state index is 0.00546. The summed E-state index contributed by atoms with van der Waals surface area (Å²) in [6.45, 7) is -0.327. The van der Waals surface area contributed by atoms with E-state index >= 15 is 0 Å². The summed E-state index contributed by atoms with van der Waals surface area (Å²) in [6.07, 6.45) is 0.451. The summed E-state index contributed by atoms with van der Waals surface area (Å²) >= 11 is 1.26. The maximum absolute atomic E-state index is 12.5. The number of morpholine rings is 1. The number of nitrogens with zero attached hydrogens (tertiary/aromatic N) is 1. The SMILES string of the molecule is COc1ccc(CCNC(=O)CSCC(=O)N2CCOCC2)cc1OC(F)F. The van der Waals surface area contributed by atoms with E-state index < -0.39 is 6.61 Å². The molecule has 0 spiro atoms. The fourth-order valence-electron chi connectivity index (χ4n) is 2.60. The van der Waals surface area contributed by atoms with E-state index in [-0.39, 0.29) is 34.8 Å². The van der Waals surface area contributed by atoms with Crippen LogP contribution in [0.5, 0.6) is 11.5 Å². The molecule has 0 aromatic heterocycles. The number of methoxy groups -OCH3 is 1. The molecule has 10 heteroatoms. The number of halogens is 2. The molecule has 0 aliphatic carbocycles. The third kappa shape index (κ3) is 7.51. The van der Waals surface area contributed by atoms with Crippen LogP contribution in [-0.4, -0.2) is 74.8 Å². The molecule has 7 nitrogen and oxygen atoms in total. The second-order valence-corrected chi connectivity index (χ2v) is 6.94. The molecule has 0 unspecified atom stereocenters. The standard InChI is InChI=1S/C18H24F2N2O5S/c1-25-14-3-2-13(10-15(14)27-18(19)20)4-5-21-16(23)11-28-12-17(24)22-6-8-26-9-7-22/h2-3,10,18H,4-9,11-12H2,1H3,(H,21,23). The van der Waals surface area contributed by atoms with Crippen LogP contribution in [0.1, 0.15) is 5.56 Å². The molecule has 0 atom stereocenters. The van der Waals surface area contributed by atoms with E-state index in [0.29, 0.717) is 39.3 Å². The molecule has 0 radical (unpaired) electrons. The van der Waals surface area contributed by atoms with E-state index in [1.807, 2.05) is 0 Å². The highest BCUT2D eigenvalue weighted by Crippen LogP contribution is 2.29. The molecule has 1 aromatic rings. The Balaban J connectivity index is 1.68. The van der Waals surface area contributed by atoms with Crippen molar-refractivity contribution in [2.45, 2.75) is 13.0 Å². The number of alkyl halides is 2. The normalized spacial score (nSPS) is 14.1. The first kappa shape index (κ1) is 22.2. The number of carbonyl (C=O) groups is 2. The van der Waals surface area contributed by atoms with Gasteiger partial charge < -0.3 is 24.4 Å². The zero-order chi connectivity index (χ0) is 20.4. The lowest BCUT2D eigenvalue weighted by atomic mass is 10.1. The average Bonchev–Trinajstić information content (AvgIpc) is 2.68. The first-order chi connectivity index (χ1) is 13.5. The first-order valence-corrected chi connectivity index (χ1v) is 9.96. The molecular weight excluding hydrogens is 394 g/mol. The van der Waals surface area contributed by atoms with E-state index in [1.165, 1.54) is 24.9 Å². The quantitative estimate of drug-likeness (QED) is 0.621. The summed E-state index contributed by atoms with van der Waals surface area (Å²) in [5, 5.41) is 2.75. The molecule has 1 aromatic carbocycles. The Morgan fingerprint density at radius 1 is 1.25 bits per heavy atom. The Morgan fingerprint density at radius 3 is 2.68 bits per heavy atom. The molecule has 1 N–H and O–H groups in total. The van der Waals surface area contributed by atoms with Crippen LogP contribution in [0, 0.1) is 0 Å². The van der Waals surface area contributed by atoms with Crippen molar-refractivity contribution in [3.8, 4) is 11.5 Å². The Morgan fingerprint density at radius 2 is 2.00 bits per heavy atom. The molecule has 2 amide bonds. The van der Waals surface area contributed by atoms with E-state index in [1.54, 1.807) is 17.0 Å². The van der Waals surface area contributed by atoms with Gasteiger partial charge in [0, 0.05) is 19.6 Å². The topological polar surface area (TPSA) is 77.1 Å². The van der Waals surface area contributed by atoms with Gasteiger partial charge in [-0.3, -0.25) is 9.59 Å². The maximum Gasteiger partial charge on any atom is 0.387 e. The first-order valence-electron chi connectivity index (χ1n) is 8.81. The minimum Gasteiger partial charge on any atom is -0.493 e. The van der Waals surface area contributed by atoms with Crippen molar-refractivity contribution in [3.63, 3.8) is 0 Å². The lowest BCUT2D eigenvalue weighted by molar-refractivity contribution is -0.132. The number of nitrogens with one attached hydrogen (secondary N) is 1. The Bertz CT molecular complexity index is 657. The van der Waals surface area contributed by atoms with Crippen LogP contribution in [0.25, 0.3) is 0 Å². The number of rotatable bonds is 10. The van der Waals surface area contributed by atoms with E-state index in [2.05, 4.69) is 10.1 Å². The van der Waals surface area contributed by atoms with Gasteiger partial charge in [0.1, 0.15) is 0 Å². The number of hydrogen-bond acceptors (Lipinski definition) is 6. The predicted octanol–water partition coefficient (Wildman–Crippen LogP) is 1.55. The summed E-state index contributed by atoms with van der Waals surface area (Å²) in [5.74, 6) is 0.426. The highest BCUT2D eigenvalue weighted by Gasteiger charge is 2.17. The van der Waals surface area contributed by atoms with Crippen molar-refractivity contribution in [2.24, 2.45) is 0 Å². The minimum atomic E-state index is -2.94. The highest BCUT2D eigenvalue weighted by atomic mass is 32.2. The Kier molecular flexibility index (Phi) is 9.29. The van der Waals surface area contributed by atoms with Crippen LogP contribution in [-0.2, 0) is 20.7 Å². The molecule has 1 aliphatic rings. The molecule has 28 heavy (non-hydrogen) atoms. The van der Waals surface area contributed by atoms with Crippen LogP contribution >= 0.6 is 11.8 Å². The van der Waals surface area contributed by atoms with Crippen molar-refractivity contribution in [1.82, 2.24) is 10.2 Å². The number of benzene rings is 1. The molecule has 1 fully saturated rings.